The van der Waals surface area contributed by atoms with Gasteiger partial charge in [0.2, 0.25) is 0 Å². The molecule has 1 saturated heterocycles. The van der Waals surface area contributed by atoms with Crippen molar-refractivity contribution in [3.63, 3.8) is 0 Å². The van der Waals surface area contributed by atoms with Gasteiger partial charge in [-0.3, -0.25) is 9.69 Å². The predicted molar refractivity (Wildman–Crippen MR) is 121 cm³/mol. The van der Waals surface area contributed by atoms with Gasteiger partial charge in [-0.1, -0.05) is 66.7 Å². The molecule has 0 saturated carbocycles. The molecule has 1 aliphatic heterocycles. The summed E-state index contributed by atoms with van der Waals surface area (Å²) in [6.45, 7) is 1.35. The van der Waals surface area contributed by atoms with Crippen LogP contribution < -0.4 is 0 Å². The highest BCUT2D eigenvalue weighted by Crippen LogP contribution is 2.38. The minimum Gasteiger partial charge on any atom is -0.481 e. The summed E-state index contributed by atoms with van der Waals surface area (Å²) in [6, 6.07) is 23.6. The van der Waals surface area contributed by atoms with E-state index in [2.05, 4.69) is 41.3 Å². The number of hydrogen-bond acceptors (Lipinski definition) is 2. The van der Waals surface area contributed by atoms with Gasteiger partial charge < -0.3 is 5.11 Å². The molecule has 1 fully saturated rings. The molecule has 1 N–H and O–H groups in total. The Labute approximate surface area is 191 Å². The van der Waals surface area contributed by atoms with Gasteiger partial charge in [0.15, 0.2) is 0 Å². The van der Waals surface area contributed by atoms with Gasteiger partial charge in [-0.05, 0) is 59.7 Å². The number of hydrogen-bond donors (Lipinski definition) is 1. The van der Waals surface area contributed by atoms with Gasteiger partial charge >= 0.3 is 12.1 Å². The topological polar surface area (TPSA) is 40.5 Å². The van der Waals surface area contributed by atoms with Crippen molar-refractivity contribution in [2.75, 3.05) is 6.54 Å². The van der Waals surface area contributed by atoms with E-state index in [0.29, 0.717) is 19.5 Å². The maximum atomic E-state index is 13.0. The molecule has 172 valence electrons. The van der Waals surface area contributed by atoms with Crippen LogP contribution in [-0.2, 0) is 17.5 Å². The number of halogens is 3. The Balaban J connectivity index is 1.54. The summed E-state index contributed by atoms with van der Waals surface area (Å²) in [6.07, 6.45) is -2.93. The zero-order valence-corrected chi connectivity index (χ0v) is 18.1. The molecule has 0 bridgehead atoms. The fraction of sp³-hybridized carbons (Fsp3) is 0.296. The van der Waals surface area contributed by atoms with Gasteiger partial charge in [-0.2, -0.15) is 13.2 Å². The number of piperidine rings is 1. The monoisotopic (exact) mass is 453 g/mol. The van der Waals surface area contributed by atoms with Crippen LogP contribution in [-0.4, -0.2) is 22.5 Å². The SMILES string of the molecule is O=C(O)C[C@H]1CCN(Cc2ccc(-c3ccccc3)cc2)[C@@H](c2ccc(C(F)(F)F)cc2)C1. The second kappa shape index (κ2) is 9.79. The Kier molecular flexibility index (Phi) is 6.84. The molecule has 3 aromatic carbocycles. The molecular formula is C27H26F3NO2. The molecule has 2 atom stereocenters. The second-order valence-electron chi connectivity index (χ2n) is 8.66. The van der Waals surface area contributed by atoms with Crippen LogP contribution >= 0.6 is 0 Å². The lowest BCUT2D eigenvalue weighted by atomic mass is 9.84. The number of likely N-dealkylation sites (tertiary alicyclic amines) is 1. The summed E-state index contributed by atoms with van der Waals surface area (Å²) in [4.78, 5) is 13.5. The van der Waals surface area contributed by atoms with Crippen molar-refractivity contribution in [1.82, 2.24) is 4.90 Å². The van der Waals surface area contributed by atoms with E-state index in [9.17, 15) is 23.1 Å². The number of alkyl halides is 3. The van der Waals surface area contributed by atoms with Crippen LogP contribution in [0.1, 0.15) is 42.0 Å². The zero-order chi connectivity index (χ0) is 23.4. The van der Waals surface area contributed by atoms with Gasteiger partial charge in [-0.25, -0.2) is 0 Å². The van der Waals surface area contributed by atoms with E-state index in [1.807, 2.05) is 18.2 Å². The van der Waals surface area contributed by atoms with Gasteiger partial charge in [0.25, 0.3) is 0 Å². The lowest BCUT2D eigenvalue weighted by Crippen LogP contribution is -2.37. The third-order valence-corrected chi connectivity index (χ3v) is 6.35. The van der Waals surface area contributed by atoms with E-state index < -0.39 is 17.7 Å². The predicted octanol–water partition coefficient (Wildman–Crippen LogP) is 6.80. The van der Waals surface area contributed by atoms with Crippen molar-refractivity contribution < 1.29 is 23.1 Å². The fourth-order valence-electron chi connectivity index (χ4n) is 4.62. The molecule has 1 aliphatic rings. The van der Waals surface area contributed by atoms with Crippen LogP contribution in [0.5, 0.6) is 0 Å². The molecule has 0 aliphatic carbocycles. The van der Waals surface area contributed by atoms with Crippen LogP contribution in [0.15, 0.2) is 78.9 Å². The van der Waals surface area contributed by atoms with E-state index in [0.717, 1.165) is 40.8 Å². The highest BCUT2D eigenvalue weighted by Gasteiger charge is 2.33. The fourth-order valence-corrected chi connectivity index (χ4v) is 4.62. The molecule has 6 heteroatoms. The first-order valence-electron chi connectivity index (χ1n) is 11.1. The highest BCUT2D eigenvalue weighted by atomic mass is 19.4. The normalized spacial score (nSPS) is 19.4. The van der Waals surface area contributed by atoms with Gasteiger partial charge in [0, 0.05) is 19.0 Å². The Morgan fingerprint density at radius 2 is 1.55 bits per heavy atom. The van der Waals surface area contributed by atoms with Gasteiger partial charge in [0.05, 0.1) is 5.56 Å². The third kappa shape index (κ3) is 5.82. The molecule has 0 spiro atoms. The summed E-state index contributed by atoms with van der Waals surface area (Å²) in [5.74, 6) is -0.831. The number of nitrogens with zero attached hydrogens (tertiary/aromatic N) is 1. The number of carboxylic acid groups (broad SMARTS) is 1. The number of benzene rings is 3. The summed E-state index contributed by atoms with van der Waals surface area (Å²) in [5, 5.41) is 9.23. The Bertz CT molecular complexity index is 1060. The van der Waals surface area contributed by atoms with E-state index >= 15 is 0 Å². The first kappa shape index (κ1) is 23.1. The third-order valence-electron chi connectivity index (χ3n) is 6.35. The molecule has 0 radical (unpaired) electrons. The van der Waals surface area contributed by atoms with Crippen LogP contribution in [0.3, 0.4) is 0 Å². The number of rotatable bonds is 6. The minimum absolute atomic E-state index is 0.00602. The van der Waals surface area contributed by atoms with Gasteiger partial charge in [-0.15, -0.1) is 0 Å². The molecule has 1 heterocycles. The first-order valence-corrected chi connectivity index (χ1v) is 11.1. The smallest absolute Gasteiger partial charge is 0.416 e. The molecule has 0 amide bonds. The van der Waals surface area contributed by atoms with E-state index in [1.165, 1.54) is 12.1 Å². The molecule has 0 unspecified atom stereocenters. The quantitative estimate of drug-likeness (QED) is 0.446. The molecule has 3 nitrogen and oxygen atoms in total. The van der Waals surface area contributed by atoms with Crippen molar-refractivity contribution >= 4 is 5.97 Å². The number of carboxylic acids is 1. The number of carbonyl (C=O) groups is 1. The summed E-state index contributed by atoms with van der Waals surface area (Å²) < 4.78 is 39.0. The van der Waals surface area contributed by atoms with E-state index in [1.54, 1.807) is 0 Å². The maximum Gasteiger partial charge on any atom is 0.416 e. The van der Waals surface area contributed by atoms with Crippen LogP contribution in [0.25, 0.3) is 11.1 Å². The summed E-state index contributed by atoms with van der Waals surface area (Å²) in [7, 11) is 0. The maximum absolute atomic E-state index is 13.0. The van der Waals surface area contributed by atoms with Crippen molar-refractivity contribution in [3.8, 4) is 11.1 Å². The largest absolute Gasteiger partial charge is 0.481 e. The molecule has 0 aromatic heterocycles. The summed E-state index contributed by atoms with van der Waals surface area (Å²) in [5.41, 5.74) is 3.49. The Hall–Kier alpha value is -3.12. The van der Waals surface area contributed by atoms with E-state index in [-0.39, 0.29) is 18.4 Å². The van der Waals surface area contributed by atoms with Crippen LogP contribution in [0.2, 0.25) is 0 Å². The Morgan fingerprint density at radius 3 is 2.15 bits per heavy atom. The summed E-state index contributed by atoms with van der Waals surface area (Å²) >= 11 is 0. The highest BCUT2D eigenvalue weighted by molar-refractivity contribution is 5.67. The van der Waals surface area contributed by atoms with Gasteiger partial charge in [0.1, 0.15) is 0 Å². The lowest BCUT2D eigenvalue weighted by Gasteiger charge is -2.39. The van der Waals surface area contributed by atoms with Crippen LogP contribution in [0.4, 0.5) is 13.2 Å². The van der Waals surface area contributed by atoms with Crippen LogP contribution in [0, 0.1) is 5.92 Å². The lowest BCUT2D eigenvalue weighted by molar-refractivity contribution is -0.139. The molecule has 3 aromatic rings. The second-order valence-corrected chi connectivity index (χ2v) is 8.66. The zero-order valence-electron chi connectivity index (χ0n) is 18.1. The Morgan fingerprint density at radius 1 is 0.909 bits per heavy atom. The first-order chi connectivity index (χ1) is 15.8. The standard InChI is InChI=1S/C27H26F3NO2/c28-27(29,30)24-12-10-23(11-13-24)25-16-20(17-26(32)33)14-15-31(25)18-19-6-8-22(9-7-19)21-4-2-1-3-5-21/h1-13,20,25H,14-18H2,(H,32,33)/t20-,25+/m0/s1. The minimum atomic E-state index is -4.38. The van der Waals surface area contributed by atoms with Crippen molar-refractivity contribution in [3.05, 3.63) is 95.6 Å². The van der Waals surface area contributed by atoms with E-state index in [4.69, 9.17) is 0 Å². The number of aliphatic carboxylic acids is 1. The average Bonchev–Trinajstić information content (AvgIpc) is 2.80. The van der Waals surface area contributed by atoms with Crippen molar-refractivity contribution in [2.24, 2.45) is 5.92 Å². The molecule has 33 heavy (non-hydrogen) atoms. The molecular weight excluding hydrogens is 427 g/mol. The molecule has 4 rings (SSSR count). The van der Waals surface area contributed by atoms with Crippen molar-refractivity contribution in [2.45, 2.75) is 38.0 Å². The average molecular weight is 454 g/mol. The van der Waals surface area contributed by atoms with Crippen molar-refractivity contribution in [1.29, 1.82) is 0 Å².